The number of carbonyl (C=O) groups excluding carboxylic acids is 1. The Hall–Kier alpha value is -1.54. The molecule has 5 heteroatoms. The Labute approximate surface area is 107 Å². The first-order valence-corrected chi connectivity index (χ1v) is 6.22. The second-order valence-electron chi connectivity index (χ2n) is 4.96. The molecule has 0 aromatic heterocycles. The fourth-order valence-electron chi connectivity index (χ4n) is 2.98. The van der Waals surface area contributed by atoms with Crippen molar-refractivity contribution in [3.05, 3.63) is 0 Å². The van der Waals surface area contributed by atoms with E-state index in [0.29, 0.717) is 5.84 Å². The highest BCUT2D eigenvalue weighted by atomic mass is 16.5. The van der Waals surface area contributed by atoms with Crippen LogP contribution in [0.5, 0.6) is 0 Å². The number of methoxy groups -OCH3 is 1. The Morgan fingerprint density at radius 3 is 2.72 bits per heavy atom. The smallest absolute Gasteiger partial charge is 0.347 e. The molecule has 1 spiro atoms. The summed E-state index contributed by atoms with van der Waals surface area (Å²) in [5.74, 6) is 3.01. The molecule has 0 bridgehead atoms. The van der Waals surface area contributed by atoms with Gasteiger partial charge in [-0.3, -0.25) is 4.90 Å². The maximum atomic E-state index is 11.9. The SMILES string of the molecule is C#CC(C)N1C(=O)N=C(N)C12CCC(OC)CC2. The number of ether oxygens (including phenoxy) is 1. The predicted octanol–water partition coefficient (Wildman–Crippen LogP) is 1.13. The fraction of sp³-hybridized carbons (Fsp3) is 0.692. The van der Waals surface area contributed by atoms with E-state index in [1.54, 1.807) is 12.0 Å². The van der Waals surface area contributed by atoms with Crippen LogP contribution in [-0.4, -0.2) is 41.6 Å². The van der Waals surface area contributed by atoms with E-state index < -0.39 is 5.54 Å². The molecule has 0 aromatic rings. The maximum absolute atomic E-state index is 11.9. The van der Waals surface area contributed by atoms with Crippen molar-refractivity contribution in [1.82, 2.24) is 4.90 Å². The van der Waals surface area contributed by atoms with E-state index in [1.165, 1.54) is 0 Å². The molecular weight excluding hydrogens is 230 g/mol. The number of carbonyl (C=O) groups is 1. The Morgan fingerprint density at radius 2 is 2.22 bits per heavy atom. The third kappa shape index (κ3) is 1.77. The van der Waals surface area contributed by atoms with Gasteiger partial charge >= 0.3 is 6.03 Å². The quantitative estimate of drug-likeness (QED) is 0.746. The lowest BCUT2D eigenvalue weighted by atomic mass is 9.78. The average molecular weight is 249 g/mol. The number of urea groups is 1. The molecule has 5 nitrogen and oxygen atoms in total. The molecule has 0 aromatic carbocycles. The number of rotatable bonds is 2. The highest BCUT2D eigenvalue weighted by Gasteiger charge is 2.51. The molecule has 1 heterocycles. The predicted molar refractivity (Wildman–Crippen MR) is 69.1 cm³/mol. The lowest BCUT2D eigenvalue weighted by Crippen LogP contribution is -2.59. The van der Waals surface area contributed by atoms with Crippen molar-refractivity contribution in [3.63, 3.8) is 0 Å². The first kappa shape index (κ1) is 12.9. The largest absolute Gasteiger partial charge is 0.385 e. The molecule has 1 atom stereocenters. The zero-order valence-electron chi connectivity index (χ0n) is 10.8. The zero-order chi connectivity index (χ0) is 13.3. The molecule has 0 radical (unpaired) electrons. The number of amidine groups is 1. The molecule has 2 rings (SSSR count). The summed E-state index contributed by atoms with van der Waals surface area (Å²) < 4.78 is 5.35. The molecule has 2 amide bonds. The van der Waals surface area contributed by atoms with Gasteiger partial charge in [0.15, 0.2) is 0 Å². The van der Waals surface area contributed by atoms with Crippen molar-refractivity contribution >= 4 is 11.9 Å². The van der Waals surface area contributed by atoms with Crippen LogP contribution in [0.25, 0.3) is 0 Å². The normalized spacial score (nSPS) is 33.4. The molecular formula is C13H19N3O2. The van der Waals surface area contributed by atoms with Gasteiger partial charge < -0.3 is 10.5 Å². The molecule has 2 aliphatic rings. The third-order valence-corrected chi connectivity index (χ3v) is 4.08. The van der Waals surface area contributed by atoms with Gasteiger partial charge in [-0.25, -0.2) is 4.79 Å². The second-order valence-corrected chi connectivity index (χ2v) is 4.96. The lowest BCUT2D eigenvalue weighted by molar-refractivity contribution is 0.0308. The highest BCUT2D eigenvalue weighted by molar-refractivity contribution is 6.06. The van der Waals surface area contributed by atoms with Crippen LogP contribution in [0.1, 0.15) is 32.6 Å². The lowest BCUT2D eigenvalue weighted by Gasteiger charge is -2.44. The molecule has 1 fully saturated rings. The van der Waals surface area contributed by atoms with Gasteiger partial charge in [0.2, 0.25) is 0 Å². The average Bonchev–Trinajstić information content (AvgIpc) is 2.61. The van der Waals surface area contributed by atoms with Gasteiger partial charge in [-0.2, -0.15) is 4.99 Å². The summed E-state index contributed by atoms with van der Waals surface area (Å²) in [5, 5.41) is 0. The van der Waals surface area contributed by atoms with Gasteiger partial charge in [-0.15, -0.1) is 6.42 Å². The van der Waals surface area contributed by atoms with E-state index in [-0.39, 0.29) is 18.2 Å². The number of amides is 2. The molecule has 1 unspecified atom stereocenters. The van der Waals surface area contributed by atoms with Crippen LogP contribution in [0.15, 0.2) is 4.99 Å². The molecule has 18 heavy (non-hydrogen) atoms. The molecule has 1 aliphatic heterocycles. The number of nitrogens with zero attached hydrogens (tertiary/aromatic N) is 2. The number of hydrogen-bond acceptors (Lipinski definition) is 3. The Morgan fingerprint density at radius 1 is 1.61 bits per heavy atom. The Balaban J connectivity index is 2.27. The van der Waals surface area contributed by atoms with E-state index in [0.717, 1.165) is 25.7 Å². The van der Waals surface area contributed by atoms with Crippen LogP contribution >= 0.6 is 0 Å². The van der Waals surface area contributed by atoms with Gasteiger partial charge in [0.25, 0.3) is 0 Å². The minimum absolute atomic E-state index is 0.238. The Bertz CT molecular complexity index is 416. The molecule has 1 aliphatic carbocycles. The van der Waals surface area contributed by atoms with Crippen molar-refractivity contribution in [2.24, 2.45) is 10.7 Å². The fourth-order valence-corrected chi connectivity index (χ4v) is 2.98. The number of nitrogens with two attached hydrogens (primary N) is 1. The van der Waals surface area contributed by atoms with Gasteiger partial charge in [-0.1, -0.05) is 5.92 Å². The second kappa shape index (κ2) is 4.62. The van der Waals surface area contributed by atoms with Crippen molar-refractivity contribution in [2.75, 3.05) is 7.11 Å². The van der Waals surface area contributed by atoms with Crippen LogP contribution in [0, 0.1) is 12.3 Å². The van der Waals surface area contributed by atoms with E-state index in [2.05, 4.69) is 10.9 Å². The summed E-state index contributed by atoms with van der Waals surface area (Å²) >= 11 is 0. The van der Waals surface area contributed by atoms with Crippen LogP contribution < -0.4 is 5.73 Å². The number of hydrogen-bond donors (Lipinski definition) is 1. The molecule has 0 saturated heterocycles. The first-order chi connectivity index (χ1) is 8.55. The zero-order valence-corrected chi connectivity index (χ0v) is 10.8. The molecule has 98 valence electrons. The van der Waals surface area contributed by atoms with E-state index in [9.17, 15) is 4.79 Å². The van der Waals surface area contributed by atoms with Crippen molar-refractivity contribution in [1.29, 1.82) is 0 Å². The van der Waals surface area contributed by atoms with Crippen molar-refractivity contribution in [2.45, 2.75) is 50.3 Å². The van der Waals surface area contributed by atoms with Crippen LogP contribution in [0.4, 0.5) is 4.79 Å². The first-order valence-electron chi connectivity index (χ1n) is 6.22. The van der Waals surface area contributed by atoms with Gasteiger partial charge in [-0.05, 0) is 32.6 Å². The van der Waals surface area contributed by atoms with Gasteiger partial charge in [0.1, 0.15) is 11.4 Å². The van der Waals surface area contributed by atoms with Crippen molar-refractivity contribution in [3.8, 4) is 12.3 Å². The number of terminal acetylenes is 1. The maximum Gasteiger partial charge on any atom is 0.347 e. The summed E-state index contributed by atoms with van der Waals surface area (Å²) in [7, 11) is 1.71. The molecule has 1 saturated carbocycles. The molecule has 2 N–H and O–H groups in total. The third-order valence-electron chi connectivity index (χ3n) is 4.08. The number of aliphatic imine (C=N–C) groups is 1. The monoisotopic (exact) mass is 249 g/mol. The summed E-state index contributed by atoms with van der Waals surface area (Å²) in [4.78, 5) is 17.5. The minimum Gasteiger partial charge on any atom is -0.385 e. The van der Waals surface area contributed by atoms with Crippen molar-refractivity contribution < 1.29 is 9.53 Å². The minimum atomic E-state index is -0.488. The van der Waals surface area contributed by atoms with E-state index >= 15 is 0 Å². The van der Waals surface area contributed by atoms with Crippen LogP contribution in [-0.2, 0) is 4.74 Å². The van der Waals surface area contributed by atoms with Crippen LogP contribution in [0.3, 0.4) is 0 Å². The summed E-state index contributed by atoms with van der Waals surface area (Å²) in [6.45, 7) is 1.83. The van der Waals surface area contributed by atoms with E-state index in [4.69, 9.17) is 16.9 Å². The highest BCUT2D eigenvalue weighted by Crippen LogP contribution is 2.39. The van der Waals surface area contributed by atoms with Crippen LogP contribution in [0.2, 0.25) is 0 Å². The summed E-state index contributed by atoms with van der Waals surface area (Å²) in [6, 6.07) is -0.602. The summed E-state index contributed by atoms with van der Waals surface area (Å²) in [6.07, 6.45) is 8.94. The topological polar surface area (TPSA) is 67.9 Å². The summed E-state index contributed by atoms with van der Waals surface area (Å²) in [5.41, 5.74) is 5.49. The van der Waals surface area contributed by atoms with Gasteiger partial charge in [0, 0.05) is 7.11 Å². The Kier molecular flexibility index (Phi) is 3.31. The van der Waals surface area contributed by atoms with E-state index in [1.807, 2.05) is 6.92 Å². The van der Waals surface area contributed by atoms with Gasteiger partial charge in [0.05, 0.1) is 12.1 Å². The standard InChI is InChI=1S/C13H19N3O2/c1-4-9(2)16-12(17)15-11(14)13(16)7-5-10(18-3)6-8-13/h1,9-10H,5-8H2,2-3H3,(H2,14,15,17).